The average molecular weight is 344 g/mol. The first-order valence-electron chi connectivity index (χ1n) is 5.76. The van der Waals surface area contributed by atoms with Crippen LogP contribution in [0, 0.1) is 0 Å². The van der Waals surface area contributed by atoms with Gasteiger partial charge >= 0.3 is 0 Å². The summed E-state index contributed by atoms with van der Waals surface area (Å²) in [6.45, 7) is -0.226. The summed E-state index contributed by atoms with van der Waals surface area (Å²) in [6.07, 6.45) is 6.40. The van der Waals surface area contributed by atoms with E-state index < -0.39 is 21.8 Å². The fraction of sp³-hybridized carbons (Fsp3) is 0.167. The number of carbonyl (C=O) groups excluding carboxylic acids is 1. The van der Waals surface area contributed by atoms with Gasteiger partial charge < -0.3 is 8.97 Å². The molecule has 0 aliphatic carbocycles. The Morgan fingerprint density at radius 2 is 2.24 bits per heavy atom. The SMILES string of the molecule is O=C1/C(=C\C=C\c2ccco2)SC(=S)N1CCS(=O)(=O)[O-]. The van der Waals surface area contributed by atoms with Crippen LogP contribution < -0.4 is 0 Å². The van der Waals surface area contributed by atoms with Gasteiger partial charge in [0.2, 0.25) is 0 Å². The van der Waals surface area contributed by atoms with Crippen LogP contribution in [0.15, 0.2) is 39.9 Å². The Morgan fingerprint density at radius 3 is 2.86 bits per heavy atom. The van der Waals surface area contributed by atoms with E-state index in [9.17, 15) is 17.8 Å². The number of allylic oxidation sites excluding steroid dienone is 2. The predicted molar refractivity (Wildman–Crippen MR) is 82.3 cm³/mol. The second-order valence-electron chi connectivity index (χ2n) is 3.99. The Balaban J connectivity index is 2.03. The molecule has 112 valence electrons. The molecule has 21 heavy (non-hydrogen) atoms. The molecule has 0 saturated carbocycles. The monoisotopic (exact) mass is 344 g/mol. The van der Waals surface area contributed by atoms with E-state index >= 15 is 0 Å². The normalized spacial score (nSPS) is 18.3. The van der Waals surface area contributed by atoms with Gasteiger partial charge in [-0.1, -0.05) is 30.1 Å². The molecule has 0 aromatic carbocycles. The van der Waals surface area contributed by atoms with Gasteiger partial charge in [-0.15, -0.1) is 0 Å². The third-order valence-corrected chi connectivity index (χ3v) is 4.57. The number of hydrogen-bond donors (Lipinski definition) is 0. The lowest BCUT2D eigenvalue weighted by Crippen LogP contribution is -2.32. The molecule has 1 aliphatic rings. The number of carbonyl (C=O) groups is 1. The third kappa shape index (κ3) is 4.53. The van der Waals surface area contributed by atoms with E-state index in [-0.39, 0.29) is 10.9 Å². The quantitative estimate of drug-likeness (QED) is 0.455. The van der Waals surface area contributed by atoms with Crippen molar-refractivity contribution in [2.45, 2.75) is 0 Å². The van der Waals surface area contributed by atoms with Crippen molar-refractivity contribution >= 4 is 50.4 Å². The van der Waals surface area contributed by atoms with Gasteiger partial charge in [0.1, 0.15) is 10.1 Å². The summed E-state index contributed by atoms with van der Waals surface area (Å²) in [5.41, 5.74) is 0. The Bertz CT molecular complexity index is 703. The highest BCUT2D eigenvalue weighted by Gasteiger charge is 2.31. The maximum absolute atomic E-state index is 12.0. The molecule has 6 nitrogen and oxygen atoms in total. The lowest BCUT2D eigenvalue weighted by atomic mass is 10.3. The second-order valence-corrected chi connectivity index (χ2v) is 7.19. The summed E-state index contributed by atoms with van der Waals surface area (Å²) >= 11 is 6.06. The molecule has 1 saturated heterocycles. The fourth-order valence-corrected chi connectivity index (χ4v) is 3.19. The summed E-state index contributed by atoms with van der Waals surface area (Å²) in [5.74, 6) is -0.425. The van der Waals surface area contributed by atoms with E-state index in [4.69, 9.17) is 16.6 Å². The minimum absolute atomic E-state index is 0.226. The number of furan rings is 1. The molecule has 1 fully saturated rings. The number of nitrogens with zero attached hydrogens (tertiary/aromatic N) is 1. The highest BCUT2D eigenvalue weighted by Crippen LogP contribution is 2.30. The summed E-state index contributed by atoms with van der Waals surface area (Å²) in [5, 5.41) is 0. The van der Waals surface area contributed by atoms with Crippen molar-refractivity contribution in [1.82, 2.24) is 4.90 Å². The number of hydrogen-bond acceptors (Lipinski definition) is 7. The summed E-state index contributed by atoms with van der Waals surface area (Å²) in [7, 11) is -4.38. The minimum atomic E-state index is -4.38. The van der Waals surface area contributed by atoms with E-state index in [1.54, 1.807) is 30.4 Å². The maximum atomic E-state index is 12.0. The minimum Gasteiger partial charge on any atom is -0.748 e. The molecular formula is C12H10NO5S3-. The smallest absolute Gasteiger partial charge is 0.266 e. The van der Waals surface area contributed by atoms with Crippen LogP contribution >= 0.6 is 24.0 Å². The number of thioether (sulfide) groups is 1. The molecule has 0 atom stereocenters. The van der Waals surface area contributed by atoms with Crippen LogP contribution in [-0.4, -0.2) is 40.4 Å². The van der Waals surface area contributed by atoms with Gasteiger partial charge in [0, 0.05) is 6.54 Å². The van der Waals surface area contributed by atoms with Crippen LogP contribution in [0.4, 0.5) is 0 Å². The highest BCUT2D eigenvalue weighted by molar-refractivity contribution is 8.26. The van der Waals surface area contributed by atoms with Crippen LogP contribution in [-0.2, 0) is 14.9 Å². The standard InChI is InChI=1S/C12H11NO5S3/c14-11-10(5-1-3-9-4-2-7-18-9)20-12(19)13(11)6-8-21(15,16)17/h1-5,7H,6,8H2,(H,15,16,17)/p-1/b3-1+,10-5+. The second kappa shape index (κ2) is 6.56. The Labute approximate surface area is 131 Å². The fourth-order valence-electron chi connectivity index (χ4n) is 1.53. The summed E-state index contributed by atoms with van der Waals surface area (Å²) in [6, 6.07) is 3.50. The highest BCUT2D eigenvalue weighted by atomic mass is 32.2. The molecule has 0 unspecified atom stereocenters. The van der Waals surface area contributed by atoms with Crippen LogP contribution in [0.5, 0.6) is 0 Å². The zero-order chi connectivity index (χ0) is 15.5. The van der Waals surface area contributed by atoms with Crippen molar-refractivity contribution in [2.75, 3.05) is 12.3 Å². The molecule has 0 spiro atoms. The first-order chi connectivity index (χ1) is 9.87. The maximum Gasteiger partial charge on any atom is 0.266 e. The Morgan fingerprint density at radius 1 is 1.48 bits per heavy atom. The van der Waals surface area contributed by atoms with Gasteiger partial charge in [0.25, 0.3) is 5.91 Å². The molecule has 1 aliphatic heterocycles. The lowest BCUT2D eigenvalue weighted by molar-refractivity contribution is -0.122. The number of rotatable bonds is 5. The van der Waals surface area contributed by atoms with Crippen molar-refractivity contribution in [3.8, 4) is 0 Å². The van der Waals surface area contributed by atoms with Gasteiger partial charge in [-0.3, -0.25) is 9.69 Å². The van der Waals surface area contributed by atoms with Crippen molar-refractivity contribution in [3.63, 3.8) is 0 Å². The first kappa shape index (κ1) is 16.0. The van der Waals surface area contributed by atoms with Gasteiger partial charge in [0.05, 0.1) is 27.0 Å². The topological polar surface area (TPSA) is 90.7 Å². The molecule has 2 heterocycles. The largest absolute Gasteiger partial charge is 0.748 e. The first-order valence-corrected chi connectivity index (χ1v) is 8.56. The number of thiocarbonyl (C=S) groups is 1. The molecular weight excluding hydrogens is 334 g/mol. The van der Waals surface area contributed by atoms with Crippen LogP contribution in [0.1, 0.15) is 5.76 Å². The summed E-state index contributed by atoms with van der Waals surface area (Å²) < 4.78 is 37.2. The average Bonchev–Trinajstić information content (AvgIpc) is 2.97. The van der Waals surface area contributed by atoms with Gasteiger partial charge in [-0.25, -0.2) is 8.42 Å². The van der Waals surface area contributed by atoms with Crippen LogP contribution in [0.25, 0.3) is 6.08 Å². The van der Waals surface area contributed by atoms with Gasteiger partial charge in [-0.2, -0.15) is 0 Å². The molecule has 0 bridgehead atoms. The van der Waals surface area contributed by atoms with Crippen molar-refractivity contribution < 1.29 is 22.2 Å². The van der Waals surface area contributed by atoms with E-state index in [2.05, 4.69) is 0 Å². The molecule has 0 N–H and O–H groups in total. The van der Waals surface area contributed by atoms with E-state index in [1.165, 1.54) is 6.26 Å². The zero-order valence-electron chi connectivity index (χ0n) is 10.6. The Kier molecular flexibility index (Phi) is 4.99. The van der Waals surface area contributed by atoms with Crippen molar-refractivity contribution in [2.24, 2.45) is 0 Å². The molecule has 1 amide bonds. The van der Waals surface area contributed by atoms with E-state index in [0.29, 0.717) is 10.7 Å². The van der Waals surface area contributed by atoms with Crippen molar-refractivity contribution in [3.05, 3.63) is 41.2 Å². The molecule has 9 heteroatoms. The van der Waals surface area contributed by atoms with Gasteiger partial charge in [-0.05, 0) is 24.3 Å². The third-order valence-electron chi connectivity index (χ3n) is 2.49. The molecule has 0 radical (unpaired) electrons. The molecule has 2 rings (SSSR count). The molecule has 1 aromatic rings. The Hall–Kier alpha value is -1.42. The zero-order valence-corrected chi connectivity index (χ0v) is 13.0. The van der Waals surface area contributed by atoms with E-state index in [0.717, 1.165) is 16.7 Å². The van der Waals surface area contributed by atoms with Gasteiger partial charge in [0.15, 0.2) is 0 Å². The lowest BCUT2D eigenvalue weighted by Gasteiger charge is -2.15. The van der Waals surface area contributed by atoms with Crippen LogP contribution in [0.2, 0.25) is 0 Å². The molecule has 1 aromatic heterocycles. The number of amides is 1. The van der Waals surface area contributed by atoms with E-state index in [1.807, 2.05) is 0 Å². The van der Waals surface area contributed by atoms with Crippen LogP contribution in [0.3, 0.4) is 0 Å². The summed E-state index contributed by atoms with van der Waals surface area (Å²) in [4.78, 5) is 13.5. The van der Waals surface area contributed by atoms with Crippen molar-refractivity contribution in [1.29, 1.82) is 0 Å². The predicted octanol–water partition coefficient (Wildman–Crippen LogP) is 1.58.